The highest BCUT2D eigenvalue weighted by Gasteiger charge is 2.08. The van der Waals surface area contributed by atoms with Crippen molar-refractivity contribution >= 4 is 11.6 Å². The smallest absolute Gasteiger partial charge is 0.137 e. The third kappa shape index (κ3) is 4.94. The van der Waals surface area contributed by atoms with Crippen LogP contribution in [0.15, 0.2) is 18.2 Å². The Morgan fingerprint density at radius 3 is 2.85 bits per heavy atom. The van der Waals surface area contributed by atoms with Gasteiger partial charge in [-0.2, -0.15) is 0 Å². The van der Waals surface area contributed by atoms with Crippen molar-refractivity contribution in [2.45, 2.75) is 13.0 Å². The molecule has 0 radical (unpaired) electrons. The van der Waals surface area contributed by atoms with E-state index in [1.807, 2.05) is 18.2 Å². The molecule has 20 heavy (non-hydrogen) atoms. The van der Waals surface area contributed by atoms with E-state index in [0.717, 1.165) is 58.1 Å². The van der Waals surface area contributed by atoms with Crippen molar-refractivity contribution in [3.8, 4) is 5.75 Å². The Morgan fingerprint density at radius 1 is 1.35 bits per heavy atom. The van der Waals surface area contributed by atoms with Crippen molar-refractivity contribution in [1.29, 1.82) is 0 Å². The topological polar surface area (TPSA) is 33.7 Å². The lowest BCUT2D eigenvalue weighted by molar-refractivity contribution is 0.0374. The highest BCUT2D eigenvalue weighted by molar-refractivity contribution is 6.32. The third-order valence-corrected chi connectivity index (χ3v) is 3.77. The van der Waals surface area contributed by atoms with Gasteiger partial charge in [0.05, 0.1) is 25.3 Å². The molecule has 2 rings (SSSR count). The summed E-state index contributed by atoms with van der Waals surface area (Å²) >= 11 is 6.10. The van der Waals surface area contributed by atoms with E-state index in [-0.39, 0.29) is 0 Å². The fourth-order valence-electron chi connectivity index (χ4n) is 2.31. The zero-order valence-corrected chi connectivity index (χ0v) is 12.8. The van der Waals surface area contributed by atoms with Gasteiger partial charge >= 0.3 is 0 Å². The summed E-state index contributed by atoms with van der Waals surface area (Å²) in [7, 11) is 1.63. The van der Waals surface area contributed by atoms with Gasteiger partial charge in [0.15, 0.2) is 0 Å². The minimum Gasteiger partial charge on any atom is -0.495 e. The Kier molecular flexibility index (Phi) is 6.60. The Balaban J connectivity index is 1.61. The lowest BCUT2D eigenvalue weighted by atomic mass is 10.2. The van der Waals surface area contributed by atoms with E-state index in [2.05, 4.69) is 10.2 Å². The van der Waals surface area contributed by atoms with Gasteiger partial charge in [0.2, 0.25) is 0 Å². The van der Waals surface area contributed by atoms with Gasteiger partial charge in [0.25, 0.3) is 0 Å². The van der Waals surface area contributed by atoms with Crippen molar-refractivity contribution in [3.63, 3.8) is 0 Å². The molecule has 1 aromatic rings. The molecule has 112 valence electrons. The number of halogens is 1. The average molecular weight is 299 g/mol. The highest BCUT2D eigenvalue weighted by Crippen LogP contribution is 2.24. The molecule has 1 aliphatic rings. The number of morpholine rings is 1. The van der Waals surface area contributed by atoms with Gasteiger partial charge in [-0.05, 0) is 37.2 Å². The fourth-order valence-corrected chi connectivity index (χ4v) is 2.59. The summed E-state index contributed by atoms with van der Waals surface area (Å²) in [5.74, 6) is 0.725. The number of benzene rings is 1. The van der Waals surface area contributed by atoms with E-state index in [9.17, 15) is 0 Å². The number of nitrogens with one attached hydrogen (secondary N) is 1. The van der Waals surface area contributed by atoms with Gasteiger partial charge in [-0.15, -0.1) is 0 Å². The van der Waals surface area contributed by atoms with Crippen molar-refractivity contribution in [1.82, 2.24) is 10.2 Å². The monoisotopic (exact) mass is 298 g/mol. The summed E-state index contributed by atoms with van der Waals surface area (Å²) in [6.07, 6.45) is 1.16. The van der Waals surface area contributed by atoms with E-state index < -0.39 is 0 Å². The standard InChI is InChI=1S/C15H23ClN2O2/c1-19-15-4-3-13(11-14(15)16)12-17-5-2-6-18-7-9-20-10-8-18/h3-4,11,17H,2,5-10,12H2,1H3. The minimum absolute atomic E-state index is 0.667. The number of methoxy groups -OCH3 is 1. The first kappa shape index (κ1) is 15.6. The number of hydrogen-bond donors (Lipinski definition) is 1. The highest BCUT2D eigenvalue weighted by atomic mass is 35.5. The molecule has 0 unspecified atom stereocenters. The number of rotatable bonds is 7. The number of ether oxygens (including phenoxy) is 2. The molecule has 1 N–H and O–H groups in total. The molecule has 0 saturated carbocycles. The lowest BCUT2D eigenvalue weighted by Gasteiger charge is -2.26. The molecule has 0 atom stereocenters. The van der Waals surface area contributed by atoms with E-state index in [4.69, 9.17) is 21.1 Å². The minimum atomic E-state index is 0.667. The first-order chi connectivity index (χ1) is 9.79. The zero-order valence-electron chi connectivity index (χ0n) is 12.0. The van der Waals surface area contributed by atoms with Crippen LogP contribution in [-0.4, -0.2) is 51.4 Å². The summed E-state index contributed by atoms with van der Waals surface area (Å²) in [6.45, 7) is 6.87. The van der Waals surface area contributed by atoms with E-state index in [1.165, 1.54) is 5.56 Å². The lowest BCUT2D eigenvalue weighted by Crippen LogP contribution is -2.37. The summed E-state index contributed by atoms with van der Waals surface area (Å²) in [6, 6.07) is 5.90. The molecule has 1 saturated heterocycles. The van der Waals surface area contributed by atoms with Crippen LogP contribution in [0.3, 0.4) is 0 Å². The second-order valence-corrected chi connectivity index (χ2v) is 5.36. The molecule has 0 aromatic heterocycles. The van der Waals surface area contributed by atoms with Gasteiger partial charge in [-0.25, -0.2) is 0 Å². The Bertz CT molecular complexity index is 409. The normalized spacial score (nSPS) is 16.3. The molecule has 0 aliphatic carbocycles. The van der Waals surface area contributed by atoms with Crippen LogP contribution in [0.5, 0.6) is 5.75 Å². The predicted molar refractivity (Wildman–Crippen MR) is 81.6 cm³/mol. The molecule has 5 heteroatoms. The van der Waals surface area contributed by atoms with E-state index in [0.29, 0.717) is 5.02 Å². The zero-order chi connectivity index (χ0) is 14.2. The first-order valence-corrected chi connectivity index (χ1v) is 7.50. The van der Waals surface area contributed by atoms with Crippen LogP contribution < -0.4 is 10.1 Å². The van der Waals surface area contributed by atoms with Crippen molar-refractivity contribution in [2.75, 3.05) is 46.5 Å². The molecule has 1 fully saturated rings. The van der Waals surface area contributed by atoms with Gasteiger partial charge < -0.3 is 14.8 Å². The van der Waals surface area contributed by atoms with Crippen LogP contribution in [0.4, 0.5) is 0 Å². The van der Waals surface area contributed by atoms with E-state index in [1.54, 1.807) is 7.11 Å². The van der Waals surface area contributed by atoms with Crippen LogP contribution in [0.1, 0.15) is 12.0 Å². The van der Waals surface area contributed by atoms with Crippen molar-refractivity contribution < 1.29 is 9.47 Å². The van der Waals surface area contributed by atoms with Crippen LogP contribution in [0.2, 0.25) is 5.02 Å². The Morgan fingerprint density at radius 2 is 2.15 bits per heavy atom. The van der Waals surface area contributed by atoms with Crippen molar-refractivity contribution in [3.05, 3.63) is 28.8 Å². The molecule has 1 heterocycles. The number of hydrogen-bond acceptors (Lipinski definition) is 4. The largest absolute Gasteiger partial charge is 0.495 e. The molecule has 4 nitrogen and oxygen atoms in total. The second-order valence-electron chi connectivity index (χ2n) is 4.95. The average Bonchev–Trinajstić information content (AvgIpc) is 2.48. The Labute approximate surface area is 126 Å². The summed E-state index contributed by atoms with van der Waals surface area (Å²) in [4.78, 5) is 2.45. The molecule has 0 amide bonds. The quantitative estimate of drug-likeness (QED) is 0.782. The van der Waals surface area contributed by atoms with Gasteiger partial charge in [0.1, 0.15) is 5.75 Å². The third-order valence-electron chi connectivity index (χ3n) is 3.48. The summed E-state index contributed by atoms with van der Waals surface area (Å²) < 4.78 is 10.5. The van der Waals surface area contributed by atoms with Crippen molar-refractivity contribution in [2.24, 2.45) is 0 Å². The summed E-state index contributed by atoms with van der Waals surface area (Å²) in [5, 5.41) is 4.12. The maximum absolute atomic E-state index is 6.10. The number of nitrogens with zero attached hydrogens (tertiary/aromatic N) is 1. The second kappa shape index (κ2) is 8.47. The van der Waals surface area contributed by atoms with Gasteiger partial charge in [-0.1, -0.05) is 17.7 Å². The molecular weight excluding hydrogens is 276 g/mol. The van der Waals surface area contributed by atoms with E-state index >= 15 is 0 Å². The maximum atomic E-state index is 6.10. The van der Waals surface area contributed by atoms with Crippen LogP contribution in [-0.2, 0) is 11.3 Å². The van der Waals surface area contributed by atoms with Gasteiger partial charge in [-0.3, -0.25) is 4.90 Å². The SMILES string of the molecule is COc1ccc(CNCCCN2CCOCC2)cc1Cl. The molecule has 1 aliphatic heterocycles. The molecule has 0 bridgehead atoms. The molecule has 1 aromatic carbocycles. The fraction of sp³-hybridized carbons (Fsp3) is 0.600. The van der Waals surface area contributed by atoms with Gasteiger partial charge in [0, 0.05) is 19.6 Å². The van der Waals surface area contributed by atoms with Crippen LogP contribution in [0.25, 0.3) is 0 Å². The predicted octanol–water partition coefficient (Wildman–Crippen LogP) is 2.16. The molecular formula is C15H23ClN2O2. The molecule has 0 spiro atoms. The van der Waals surface area contributed by atoms with Crippen LogP contribution >= 0.6 is 11.6 Å². The van der Waals surface area contributed by atoms with Crippen LogP contribution in [0, 0.1) is 0 Å². The first-order valence-electron chi connectivity index (χ1n) is 7.13. The Hall–Kier alpha value is -0.810. The summed E-state index contributed by atoms with van der Waals surface area (Å²) in [5.41, 5.74) is 1.18. The maximum Gasteiger partial charge on any atom is 0.137 e.